The van der Waals surface area contributed by atoms with Crippen LogP contribution < -0.4 is 15.4 Å². The molecule has 2 aromatic rings. The first-order chi connectivity index (χ1) is 15.2. The Morgan fingerprint density at radius 3 is 2.62 bits per heavy atom. The summed E-state index contributed by atoms with van der Waals surface area (Å²) in [6, 6.07) is 13.0. The van der Waals surface area contributed by atoms with E-state index in [4.69, 9.17) is 9.73 Å². The summed E-state index contributed by atoms with van der Waals surface area (Å²) in [7, 11) is 4.11. The summed E-state index contributed by atoms with van der Waals surface area (Å²) in [5.41, 5.74) is 1.10. The minimum atomic E-state index is 0. The number of ether oxygens (including phenoxy) is 1. The number of nitrogens with one attached hydrogen (secondary N) is 2. The number of likely N-dealkylation sites (N-methyl/N-ethyl adjacent to an activating group) is 1. The quantitative estimate of drug-likeness (QED) is 0.241. The molecule has 0 radical (unpaired) electrons. The summed E-state index contributed by atoms with van der Waals surface area (Å²) >= 11 is 1.84. The molecule has 0 bridgehead atoms. The number of rotatable bonds is 11. The maximum atomic E-state index is 6.00. The van der Waals surface area contributed by atoms with E-state index in [2.05, 4.69) is 65.0 Å². The third-order valence-electron chi connectivity index (χ3n) is 5.44. The highest BCUT2D eigenvalue weighted by Crippen LogP contribution is 2.27. The first kappa shape index (κ1) is 26.9. The van der Waals surface area contributed by atoms with Crippen LogP contribution in [0, 0.1) is 0 Å². The molecule has 1 aromatic carbocycles. The van der Waals surface area contributed by atoms with Gasteiger partial charge in [0.25, 0.3) is 0 Å². The lowest BCUT2D eigenvalue weighted by molar-refractivity contribution is 0.249. The minimum Gasteiger partial charge on any atom is -0.492 e. The number of nitrogens with zero attached hydrogens (tertiary/aromatic N) is 3. The zero-order valence-electron chi connectivity index (χ0n) is 19.5. The first-order valence-corrected chi connectivity index (χ1v) is 12.2. The van der Waals surface area contributed by atoms with E-state index in [1.807, 2.05) is 29.5 Å². The van der Waals surface area contributed by atoms with Crippen molar-refractivity contribution in [3.8, 4) is 5.75 Å². The average Bonchev–Trinajstić information content (AvgIpc) is 3.48. The van der Waals surface area contributed by atoms with Gasteiger partial charge in [-0.15, -0.1) is 35.3 Å². The fourth-order valence-electron chi connectivity index (χ4n) is 3.76. The molecular weight excluding hydrogens is 533 g/mol. The standard InChI is InChI=1S/C24H37N5OS.HI/c1-4-25-24(26-18-20-10-5-6-11-22(20)30-16-15-28(2)3)27-19-21(23-12-9-17-31-23)29-13-7-8-14-29;/h5-6,9-12,17,21H,4,7-8,13-16,18-19H2,1-3H3,(H2,25,26,27);1H. The van der Waals surface area contributed by atoms with Crippen molar-refractivity contribution in [2.24, 2.45) is 4.99 Å². The molecule has 6 nitrogen and oxygen atoms in total. The molecule has 1 atom stereocenters. The lowest BCUT2D eigenvalue weighted by Crippen LogP contribution is -2.42. The van der Waals surface area contributed by atoms with Crippen LogP contribution in [0.5, 0.6) is 5.75 Å². The normalized spacial score (nSPS) is 15.4. The van der Waals surface area contributed by atoms with Crippen molar-refractivity contribution in [1.29, 1.82) is 0 Å². The molecule has 3 rings (SSSR count). The second-order valence-electron chi connectivity index (χ2n) is 8.11. The Kier molecular flexibility index (Phi) is 12.4. The largest absolute Gasteiger partial charge is 0.492 e. The summed E-state index contributed by atoms with van der Waals surface area (Å²) < 4.78 is 6.00. The van der Waals surface area contributed by atoms with Crippen LogP contribution in [0.4, 0.5) is 0 Å². The number of benzene rings is 1. The van der Waals surface area contributed by atoms with Gasteiger partial charge in [0.15, 0.2) is 5.96 Å². The molecule has 1 aliphatic rings. The molecule has 1 unspecified atom stereocenters. The predicted octanol–water partition coefficient (Wildman–Crippen LogP) is 4.20. The molecule has 1 aliphatic heterocycles. The number of para-hydroxylation sites is 1. The van der Waals surface area contributed by atoms with Crippen molar-refractivity contribution in [3.05, 3.63) is 52.2 Å². The van der Waals surface area contributed by atoms with Gasteiger partial charge in [0, 0.05) is 30.1 Å². The Balaban J connectivity index is 0.00000363. The number of likely N-dealkylation sites (tertiary alicyclic amines) is 1. The highest BCUT2D eigenvalue weighted by Gasteiger charge is 2.24. The van der Waals surface area contributed by atoms with E-state index < -0.39 is 0 Å². The highest BCUT2D eigenvalue weighted by molar-refractivity contribution is 14.0. The molecule has 0 aliphatic carbocycles. The zero-order valence-corrected chi connectivity index (χ0v) is 22.7. The second-order valence-corrected chi connectivity index (χ2v) is 9.09. The molecule has 1 fully saturated rings. The fraction of sp³-hybridized carbons (Fsp3) is 0.542. The van der Waals surface area contributed by atoms with Gasteiger partial charge in [-0.3, -0.25) is 4.90 Å². The van der Waals surface area contributed by atoms with Gasteiger partial charge in [-0.2, -0.15) is 0 Å². The molecular formula is C24H38IN5OS. The Hall–Kier alpha value is -1.36. The van der Waals surface area contributed by atoms with Crippen molar-refractivity contribution < 1.29 is 4.74 Å². The van der Waals surface area contributed by atoms with Gasteiger partial charge in [0.05, 0.1) is 12.6 Å². The summed E-state index contributed by atoms with van der Waals surface area (Å²) in [5, 5.41) is 9.16. The van der Waals surface area contributed by atoms with Crippen molar-refractivity contribution in [2.45, 2.75) is 32.4 Å². The second kappa shape index (κ2) is 14.7. The van der Waals surface area contributed by atoms with Gasteiger partial charge in [-0.25, -0.2) is 4.99 Å². The smallest absolute Gasteiger partial charge is 0.191 e. The SMILES string of the molecule is CCNC(=NCc1ccccc1OCCN(C)C)NCC(c1cccs1)N1CCCC1.I. The van der Waals surface area contributed by atoms with E-state index >= 15 is 0 Å². The van der Waals surface area contributed by atoms with Crippen LogP contribution in [0.2, 0.25) is 0 Å². The van der Waals surface area contributed by atoms with Crippen molar-refractivity contribution in [1.82, 2.24) is 20.4 Å². The van der Waals surface area contributed by atoms with Crippen LogP contribution in [0.1, 0.15) is 36.2 Å². The number of thiophene rings is 1. The highest BCUT2D eigenvalue weighted by atomic mass is 127. The summed E-state index contributed by atoms with van der Waals surface area (Å²) in [4.78, 5) is 11.0. The molecule has 2 heterocycles. The molecule has 1 aromatic heterocycles. The van der Waals surface area contributed by atoms with Gasteiger partial charge in [0.1, 0.15) is 12.4 Å². The summed E-state index contributed by atoms with van der Waals surface area (Å²) in [5.74, 6) is 1.77. The molecule has 8 heteroatoms. The van der Waals surface area contributed by atoms with Crippen molar-refractivity contribution in [2.75, 3.05) is 53.4 Å². The number of aliphatic imine (C=N–C) groups is 1. The average molecular weight is 572 g/mol. The van der Waals surface area contributed by atoms with Crippen molar-refractivity contribution in [3.63, 3.8) is 0 Å². The molecule has 178 valence electrons. The van der Waals surface area contributed by atoms with Crippen LogP contribution in [0.15, 0.2) is 46.8 Å². The van der Waals surface area contributed by atoms with E-state index in [1.165, 1.54) is 30.8 Å². The Morgan fingerprint density at radius 2 is 1.94 bits per heavy atom. The lowest BCUT2D eigenvalue weighted by Gasteiger charge is -2.27. The maximum Gasteiger partial charge on any atom is 0.191 e. The number of halogens is 1. The third-order valence-corrected chi connectivity index (χ3v) is 6.41. The third kappa shape index (κ3) is 8.53. The minimum absolute atomic E-state index is 0. The number of hydrogen-bond donors (Lipinski definition) is 2. The van der Waals surface area contributed by atoms with Crippen molar-refractivity contribution >= 4 is 41.3 Å². The van der Waals surface area contributed by atoms with Crippen LogP contribution in [-0.2, 0) is 6.54 Å². The Labute approximate surface area is 214 Å². The van der Waals surface area contributed by atoms with E-state index in [1.54, 1.807) is 0 Å². The monoisotopic (exact) mass is 571 g/mol. The molecule has 2 N–H and O–H groups in total. The summed E-state index contributed by atoms with van der Waals surface area (Å²) in [6.07, 6.45) is 2.58. The zero-order chi connectivity index (χ0) is 21.9. The van der Waals surface area contributed by atoms with E-state index in [-0.39, 0.29) is 24.0 Å². The lowest BCUT2D eigenvalue weighted by atomic mass is 10.2. The van der Waals surface area contributed by atoms with Gasteiger partial charge in [0.2, 0.25) is 0 Å². The molecule has 32 heavy (non-hydrogen) atoms. The van der Waals surface area contributed by atoms with Crippen LogP contribution in [0.3, 0.4) is 0 Å². The van der Waals surface area contributed by atoms with Gasteiger partial charge in [-0.05, 0) is 64.5 Å². The topological polar surface area (TPSA) is 52.1 Å². The Morgan fingerprint density at radius 1 is 1.16 bits per heavy atom. The van der Waals surface area contributed by atoms with Gasteiger partial charge in [-0.1, -0.05) is 24.3 Å². The summed E-state index contributed by atoms with van der Waals surface area (Å²) in [6.45, 7) is 8.29. The fourth-order valence-corrected chi connectivity index (χ4v) is 4.62. The molecule has 1 saturated heterocycles. The molecule has 0 amide bonds. The Bertz CT molecular complexity index is 793. The molecule has 0 spiro atoms. The van der Waals surface area contributed by atoms with E-state index in [0.717, 1.165) is 36.9 Å². The van der Waals surface area contributed by atoms with E-state index in [0.29, 0.717) is 19.2 Å². The van der Waals surface area contributed by atoms with Gasteiger partial charge >= 0.3 is 0 Å². The van der Waals surface area contributed by atoms with E-state index in [9.17, 15) is 0 Å². The predicted molar refractivity (Wildman–Crippen MR) is 147 cm³/mol. The maximum absolute atomic E-state index is 6.00. The number of guanidine groups is 1. The van der Waals surface area contributed by atoms with Gasteiger partial charge < -0.3 is 20.3 Å². The number of hydrogen-bond acceptors (Lipinski definition) is 5. The molecule has 0 saturated carbocycles. The first-order valence-electron chi connectivity index (χ1n) is 11.3. The van der Waals surface area contributed by atoms with Crippen LogP contribution in [-0.4, -0.2) is 69.2 Å². The van der Waals surface area contributed by atoms with Crippen LogP contribution >= 0.6 is 35.3 Å². The van der Waals surface area contributed by atoms with Crippen LogP contribution in [0.25, 0.3) is 0 Å².